The molecule has 4 heteroatoms. The van der Waals surface area contributed by atoms with E-state index in [0.717, 1.165) is 32.0 Å². The molecule has 1 atom stereocenters. The summed E-state index contributed by atoms with van der Waals surface area (Å²) in [6, 6.07) is 0. The van der Waals surface area contributed by atoms with Crippen molar-refractivity contribution in [2.24, 2.45) is 5.92 Å². The van der Waals surface area contributed by atoms with E-state index < -0.39 is 0 Å². The summed E-state index contributed by atoms with van der Waals surface area (Å²) < 4.78 is 13.2. The average Bonchev–Trinajstić information content (AvgIpc) is 2.86. The molecule has 0 radical (unpaired) electrons. The van der Waals surface area contributed by atoms with Crippen molar-refractivity contribution in [2.45, 2.75) is 33.1 Å². The summed E-state index contributed by atoms with van der Waals surface area (Å²) in [5.74, 6) is 1.46. The first-order valence-electron chi connectivity index (χ1n) is 5.52. The predicted octanol–water partition coefficient (Wildman–Crippen LogP) is 1.59. The van der Waals surface area contributed by atoms with Gasteiger partial charge in [0.1, 0.15) is 5.82 Å². The lowest BCUT2D eigenvalue weighted by molar-refractivity contribution is -0.0885. The average molecular weight is 210 g/mol. The fraction of sp³-hybridized carbons (Fsp3) is 0.727. The van der Waals surface area contributed by atoms with E-state index in [2.05, 4.69) is 16.5 Å². The van der Waals surface area contributed by atoms with Crippen molar-refractivity contribution in [3.05, 3.63) is 18.2 Å². The fourth-order valence-corrected chi connectivity index (χ4v) is 1.91. The highest BCUT2D eigenvalue weighted by Gasteiger charge is 2.25. The van der Waals surface area contributed by atoms with Gasteiger partial charge < -0.3 is 14.0 Å². The van der Waals surface area contributed by atoms with E-state index >= 15 is 0 Å². The van der Waals surface area contributed by atoms with E-state index in [1.165, 1.54) is 0 Å². The van der Waals surface area contributed by atoms with Crippen LogP contribution in [0.25, 0.3) is 0 Å². The second kappa shape index (κ2) is 4.77. The number of nitrogens with zero attached hydrogens (tertiary/aromatic N) is 2. The van der Waals surface area contributed by atoms with Gasteiger partial charge in [0.15, 0.2) is 6.29 Å². The lowest BCUT2D eigenvalue weighted by Gasteiger charge is -2.21. The van der Waals surface area contributed by atoms with Gasteiger partial charge in [0.05, 0.1) is 13.2 Å². The summed E-state index contributed by atoms with van der Waals surface area (Å²) in [4.78, 5) is 4.21. The lowest BCUT2D eigenvalue weighted by Crippen LogP contribution is -2.25. The SMILES string of the molecule is CCC(Cn1ccnc1C)C1OCCO1. The van der Waals surface area contributed by atoms with Crippen LogP contribution in [0.3, 0.4) is 0 Å². The minimum Gasteiger partial charge on any atom is -0.350 e. The Hall–Kier alpha value is -0.870. The molecule has 1 aliphatic heterocycles. The van der Waals surface area contributed by atoms with Gasteiger partial charge in [-0.3, -0.25) is 0 Å². The Morgan fingerprint density at radius 2 is 2.27 bits per heavy atom. The molecule has 1 saturated heterocycles. The van der Waals surface area contributed by atoms with E-state index in [4.69, 9.17) is 9.47 Å². The van der Waals surface area contributed by atoms with Crippen molar-refractivity contribution < 1.29 is 9.47 Å². The van der Waals surface area contributed by atoms with Crippen LogP contribution in [0.5, 0.6) is 0 Å². The summed E-state index contributed by atoms with van der Waals surface area (Å²) in [6.45, 7) is 6.56. The van der Waals surface area contributed by atoms with Crippen molar-refractivity contribution >= 4 is 0 Å². The van der Waals surface area contributed by atoms with Gasteiger partial charge in [0.2, 0.25) is 0 Å². The van der Waals surface area contributed by atoms with Gasteiger partial charge in [0, 0.05) is 24.9 Å². The fourth-order valence-electron chi connectivity index (χ4n) is 1.91. The van der Waals surface area contributed by atoms with Gasteiger partial charge in [-0.25, -0.2) is 4.98 Å². The second-order valence-corrected chi connectivity index (χ2v) is 3.91. The maximum atomic E-state index is 5.54. The van der Waals surface area contributed by atoms with Gasteiger partial charge in [-0.2, -0.15) is 0 Å². The maximum absolute atomic E-state index is 5.54. The maximum Gasteiger partial charge on any atom is 0.162 e. The number of aromatic nitrogens is 2. The van der Waals surface area contributed by atoms with E-state index in [1.54, 1.807) is 0 Å². The molecule has 2 heterocycles. The lowest BCUT2D eigenvalue weighted by atomic mass is 10.1. The first-order valence-corrected chi connectivity index (χ1v) is 5.52. The molecule has 0 bridgehead atoms. The Bertz CT molecular complexity index is 305. The zero-order valence-electron chi connectivity index (χ0n) is 9.35. The van der Waals surface area contributed by atoms with Crippen molar-refractivity contribution in [2.75, 3.05) is 13.2 Å². The zero-order chi connectivity index (χ0) is 10.7. The van der Waals surface area contributed by atoms with E-state index in [1.807, 2.05) is 19.3 Å². The summed E-state index contributed by atoms with van der Waals surface area (Å²) in [6.07, 6.45) is 4.87. The second-order valence-electron chi connectivity index (χ2n) is 3.91. The van der Waals surface area contributed by atoms with Crippen LogP contribution < -0.4 is 0 Å². The van der Waals surface area contributed by atoms with Crippen molar-refractivity contribution in [1.82, 2.24) is 9.55 Å². The highest BCUT2D eigenvalue weighted by molar-refractivity contribution is 4.89. The van der Waals surface area contributed by atoms with Gasteiger partial charge in [-0.15, -0.1) is 0 Å². The zero-order valence-corrected chi connectivity index (χ0v) is 9.35. The molecule has 0 aliphatic carbocycles. The Kier molecular flexibility index (Phi) is 3.38. The first kappa shape index (κ1) is 10.6. The molecule has 0 amide bonds. The van der Waals surface area contributed by atoms with E-state index in [9.17, 15) is 0 Å². The quantitative estimate of drug-likeness (QED) is 0.757. The first-order chi connectivity index (χ1) is 7.31. The highest BCUT2D eigenvalue weighted by Crippen LogP contribution is 2.20. The van der Waals surface area contributed by atoms with Gasteiger partial charge >= 0.3 is 0 Å². The Balaban J connectivity index is 1.98. The molecule has 15 heavy (non-hydrogen) atoms. The van der Waals surface area contributed by atoms with Crippen LogP contribution in [0, 0.1) is 12.8 Å². The third-order valence-electron chi connectivity index (χ3n) is 2.91. The number of ether oxygens (including phenoxy) is 2. The third kappa shape index (κ3) is 2.38. The summed E-state index contributed by atoms with van der Waals surface area (Å²) >= 11 is 0. The standard InChI is InChI=1S/C11H18N2O2/c1-3-10(11-14-6-7-15-11)8-13-5-4-12-9(13)2/h4-5,10-11H,3,6-8H2,1-2H3. The van der Waals surface area contributed by atoms with Crippen LogP contribution in [-0.2, 0) is 16.0 Å². The van der Waals surface area contributed by atoms with Crippen LogP contribution in [0.1, 0.15) is 19.2 Å². The van der Waals surface area contributed by atoms with E-state index in [0.29, 0.717) is 5.92 Å². The minimum atomic E-state index is -0.0307. The molecule has 2 rings (SSSR count). The molecule has 1 unspecified atom stereocenters. The van der Waals surface area contributed by atoms with Crippen LogP contribution in [0.2, 0.25) is 0 Å². The molecule has 1 aromatic heterocycles. The normalized spacial score (nSPS) is 19.6. The third-order valence-corrected chi connectivity index (χ3v) is 2.91. The monoisotopic (exact) mass is 210 g/mol. The van der Waals surface area contributed by atoms with Crippen molar-refractivity contribution in [3.8, 4) is 0 Å². The van der Waals surface area contributed by atoms with Crippen LogP contribution >= 0.6 is 0 Å². The van der Waals surface area contributed by atoms with Gasteiger partial charge in [-0.1, -0.05) is 6.92 Å². The molecule has 0 spiro atoms. The molecule has 84 valence electrons. The molecular formula is C11H18N2O2. The van der Waals surface area contributed by atoms with Crippen molar-refractivity contribution in [3.63, 3.8) is 0 Å². The highest BCUT2D eigenvalue weighted by atomic mass is 16.7. The molecule has 1 aromatic rings. The van der Waals surface area contributed by atoms with Crippen LogP contribution in [0.15, 0.2) is 12.4 Å². The minimum absolute atomic E-state index is 0.0307. The molecule has 0 aromatic carbocycles. The number of hydrogen-bond acceptors (Lipinski definition) is 3. The molecule has 1 fully saturated rings. The number of rotatable bonds is 4. The molecule has 0 saturated carbocycles. The van der Waals surface area contributed by atoms with Crippen LogP contribution in [0.4, 0.5) is 0 Å². The molecule has 4 nitrogen and oxygen atoms in total. The van der Waals surface area contributed by atoms with Crippen LogP contribution in [-0.4, -0.2) is 29.1 Å². The molecule has 0 N–H and O–H groups in total. The Labute approximate surface area is 90.2 Å². The predicted molar refractivity (Wildman–Crippen MR) is 56.4 cm³/mol. The van der Waals surface area contributed by atoms with E-state index in [-0.39, 0.29) is 6.29 Å². The molecular weight excluding hydrogens is 192 g/mol. The van der Waals surface area contributed by atoms with Gasteiger partial charge in [-0.05, 0) is 13.3 Å². The van der Waals surface area contributed by atoms with Gasteiger partial charge in [0.25, 0.3) is 0 Å². The topological polar surface area (TPSA) is 36.3 Å². The summed E-state index contributed by atoms with van der Waals surface area (Å²) in [5, 5.41) is 0. The largest absolute Gasteiger partial charge is 0.350 e. The smallest absolute Gasteiger partial charge is 0.162 e. The molecule has 1 aliphatic rings. The summed E-state index contributed by atoms with van der Waals surface area (Å²) in [5.41, 5.74) is 0. The summed E-state index contributed by atoms with van der Waals surface area (Å²) in [7, 11) is 0. The number of imidazole rings is 1. The number of aryl methyl sites for hydroxylation is 1. The number of hydrogen-bond donors (Lipinski definition) is 0. The Morgan fingerprint density at radius 1 is 1.53 bits per heavy atom. The Morgan fingerprint density at radius 3 is 2.80 bits per heavy atom. The van der Waals surface area contributed by atoms with Crippen molar-refractivity contribution in [1.29, 1.82) is 0 Å².